The number of hydrogen-bond donors (Lipinski definition) is 2. The van der Waals surface area contributed by atoms with Crippen LogP contribution in [-0.4, -0.2) is 19.1 Å². The zero-order chi connectivity index (χ0) is 11.0. The van der Waals surface area contributed by atoms with Crippen LogP contribution in [0.4, 0.5) is 0 Å². The van der Waals surface area contributed by atoms with Gasteiger partial charge in [0.25, 0.3) is 0 Å². The summed E-state index contributed by atoms with van der Waals surface area (Å²) in [5, 5.41) is 7.26. The Balaban J connectivity index is 1.74. The Hall–Kier alpha value is -0.860. The van der Waals surface area contributed by atoms with E-state index in [-0.39, 0.29) is 0 Å². The smallest absolute Gasteiger partial charge is 0.0438 e. The van der Waals surface area contributed by atoms with Gasteiger partial charge in [0.1, 0.15) is 0 Å². The first-order chi connectivity index (χ1) is 7.78. The van der Waals surface area contributed by atoms with Crippen molar-refractivity contribution in [3.05, 3.63) is 35.4 Å². The molecular formula is C14H20N2. The van der Waals surface area contributed by atoms with E-state index in [4.69, 9.17) is 0 Å². The van der Waals surface area contributed by atoms with E-state index in [0.717, 1.165) is 6.54 Å². The summed E-state index contributed by atoms with van der Waals surface area (Å²) in [5.41, 5.74) is 3.14. The molecule has 0 bridgehead atoms. The lowest BCUT2D eigenvalue weighted by Gasteiger charge is -2.22. The minimum Gasteiger partial charge on any atom is -0.315 e. The van der Waals surface area contributed by atoms with E-state index in [9.17, 15) is 0 Å². The minimum atomic E-state index is 0.310. The molecule has 3 rings (SSSR count). The van der Waals surface area contributed by atoms with Crippen molar-refractivity contribution in [3.8, 4) is 0 Å². The van der Waals surface area contributed by atoms with Crippen LogP contribution in [-0.2, 0) is 5.54 Å². The highest BCUT2D eigenvalue weighted by Gasteiger charge is 2.45. The molecule has 1 aromatic rings. The molecule has 1 aliphatic heterocycles. The molecule has 0 amide bonds. The Morgan fingerprint density at radius 1 is 1.25 bits per heavy atom. The van der Waals surface area contributed by atoms with Crippen LogP contribution in [0, 0.1) is 6.92 Å². The molecule has 1 unspecified atom stereocenters. The van der Waals surface area contributed by atoms with Crippen LogP contribution in [0.15, 0.2) is 24.3 Å². The second-order valence-corrected chi connectivity index (χ2v) is 5.28. The standard InChI is InChI=1S/C14H20N2/c1-11-2-4-12(5-3-11)14(7-8-14)16-13-6-9-15-10-13/h2-5,13,15-16H,6-10H2,1H3. The second kappa shape index (κ2) is 3.86. The second-order valence-electron chi connectivity index (χ2n) is 5.28. The van der Waals surface area contributed by atoms with Gasteiger partial charge in [0.15, 0.2) is 0 Å². The fourth-order valence-corrected chi connectivity index (χ4v) is 2.68. The lowest BCUT2D eigenvalue weighted by molar-refractivity contribution is 0.438. The maximum absolute atomic E-state index is 3.84. The molecule has 1 heterocycles. The summed E-state index contributed by atoms with van der Waals surface area (Å²) in [5.74, 6) is 0. The molecule has 0 aromatic heterocycles. The third-order valence-corrected chi connectivity index (χ3v) is 3.89. The Morgan fingerprint density at radius 3 is 2.56 bits per heavy atom. The van der Waals surface area contributed by atoms with Crippen molar-refractivity contribution in [2.75, 3.05) is 13.1 Å². The zero-order valence-corrected chi connectivity index (χ0v) is 9.92. The minimum absolute atomic E-state index is 0.310. The van der Waals surface area contributed by atoms with E-state index in [0.29, 0.717) is 11.6 Å². The lowest BCUT2D eigenvalue weighted by atomic mass is 10.0. The molecule has 86 valence electrons. The monoisotopic (exact) mass is 216 g/mol. The van der Waals surface area contributed by atoms with Crippen molar-refractivity contribution >= 4 is 0 Å². The van der Waals surface area contributed by atoms with Crippen molar-refractivity contribution in [1.82, 2.24) is 10.6 Å². The van der Waals surface area contributed by atoms with Crippen LogP contribution < -0.4 is 10.6 Å². The van der Waals surface area contributed by atoms with Crippen molar-refractivity contribution < 1.29 is 0 Å². The SMILES string of the molecule is Cc1ccc(C2(NC3CCNC3)CC2)cc1. The molecule has 1 saturated heterocycles. The van der Waals surface area contributed by atoms with Gasteiger partial charge in [-0.1, -0.05) is 29.8 Å². The molecule has 2 fully saturated rings. The topological polar surface area (TPSA) is 24.1 Å². The van der Waals surface area contributed by atoms with Gasteiger partial charge in [-0.25, -0.2) is 0 Å². The predicted octanol–water partition coefficient (Wildman–Crippen LogP) is 1.94. The molecule has 2 aliphatic rings. The molecular weight excluding hydrogens is 196 g/mol. The molecule has 2 nitrogen and oxygen atoms in total. The first-order valence-corrected chi connectivity index (χ1v) is 6.34. The number of benzene rings is 1. The van der Waals surface area contributed by atoms with Gasteiger partial charge in [0.05, 0.1) is 0 Å². The van der Waals surface area contributed by atoms with Gasteiger partial charge in [-0.2, -0.15) is 0 Å². The molecule has 2 heteroatoms. The van der Waals surface area contributed by atoms with Gasteiger partial charge >= 0.3 is 0 Å². The lowest BCUT2D eigenvalue weighted by Crippen LogP contribution is -2.39. The van der Waals surface area contributed by atoms with Gasteiger partial charge in [-0.05, 0) is 38.3 Å². The first kappa shape index (κ1) is 10.3. The van der Waals surface area contributed by atoms with E-state index in [1.807, 2.05) is 0 Å². The molecule has 0 spiro atoms. The van der Waals surface area contributed by atoms with Crippen molar-refractivity contribution in [2.45, 2.75) is 37.8 Å². The summed E-state index contributed by atoms with van der Waals surface area (Å²) in [7, 11) is 0. The highest BCUT2D eigenvalue weighted by molar-refractivity contribution is 5.32. The predicted molar refractivity (Wildman–Crippen MR) is 66.5 cm³/mol. The summed E-state index contributed by atoms with van der Waals surface area (Å²) in [6.07, 6.45) is 3.87. The fourth-order valence-electron chi connectivity index (χ4n) is 2.68. The molecule has 16 heavy (non-hydrogen) atoms. The van der Waals surface area contributed by atoms with Crippen LogP contribution in [0.1, 0.15) is 30.4 Å². The fraction of sp³-hybridized carbons (Fsp3) is 0.571. The Morgan fingerprint density at radius 2 is 2.00 bits per heavy atom. The Bertz CT molecular complexity index is 359. The third kappa shape index (κ3) is 1.87. The summed E-state index contributed by atoms with van der Waals surface area (Å²) >= 11 is 0. The largest absolute Gasteiger partial charge is 0.315 e. The van der Waals surface area contributed by atoms with Crippen LogP contribution in [0.2, 0.25) is 0 Å². The summed E-state index contributed by atoms with van der Waals surface area (Å²) in [4.78, 5) is 0. The quantitative estimate of drug-likeness (QED) is 0.807. The van der Waals surface area contributed by atoms with Gasteiger partial charge in [0.2, 0.25) is 0 Å². The Labute approximate surface area is 97.4 Å². The molecule has 2 N–H and O–H groups in total. The van der Waals surface area contributed by atoms with Crippen LogP contribution in [0.5, 0.6) is 0 Å². The van der Waals surface area contributed by atoms with Gasteiger partial charge in [0, 0.05) is 18.1 Å². The highest BCUT2D eigenvalue weighted by Crippen LogP contribution is 2.46. The summed E-state index contributed by atoms with van der Waals surface area (Å²) in [6, 6.07) is 9.70. The number of rotatable bonds is 3. The third-order valence-electron chi connectivity index (χ3n) is 3.89. The normalized spacial score (nSPS) is 26.9. The van der Waals surface area contributed by atoms with Crippen molar-refractivity contribution in [3.63, 3.8) is 0 Å². The first-order valence-electron chi connectivity index (χ1n) is 6.34. The summed E-state index contributed by atoms with van der Waals surface area (Å²) < 4.78 is 0. The van der Waals surface area contributed by atoms with Gasteiger partial charge in [-0.15, -0.1) is 0 Å². The van der Waals surface area contributed by atoms with E-state index >= 15 is 0 Å². The van der Waals surface area contributed by atoms with E-state index in [2.05, 4.69) is 41.8 Å². The van der Waals surface area contributed by atoms with Gasteiger partial charge < -0.3 is 10.6 Å². The average Bonchev–Trinajstić information content (AvgIpc) is 2.88. The van der Waals surface area contributed by atoms with E-state index < -0.39 is 0 Å². The van der Waals surface area contributed by atoms with Crippen LogP contribution >= 0.6 is 0 Å². The Kier molecular flexibility index (Phi) is 2.49. The van der Waals surface area contributed by atoms with Crippen molar-refractivity contribution in [1.29, 1.82) is 0 Å². The van der Waals surface area contributed by atoms with E-state index in [1.54, 1.807) is 0 Å². The maximum atomic E-state index is 3.84. The molecule has 0 radical (unpaired) electrons. The van der Waals surface area contributed by atoms with Crippen LogP contribution in [0.3, 0.4) is 0 Å². The number of hydrogen-bond acceptors (Lipinski definition) is 2. The summed E-state index contributed by atoms with van der Waals surface area (Å²) in [6.45, 7) is 4.45. The highest BCUT2D eigenvalue weighted by atomic mass is 15.1. The number of aryl methyl sites for hydroxylation is 1. The molecule has 1 aliphatic carbocycles. The van der Waals surface area contributed by atoms with Gasteiger partial charge in [-0.3, -0.25) is 0 Å². The molecule has 1 aromatic carbocycles. The number of nitrogens with one attached hydrogen (secondary N) is 2. The zero-order valence-electron chi connectivity index (χ0n) is 9.92. The average molecular weight is 216 g/mol. The van der Waals surface area contributed by atoms with Crippen molar-refractivity contribution in [2.24, 2.45) is 0 Å². The molecule has 1 saturated carbocycles. The maximum Gasteiger partial charge on any atom is 0.0438 e. The van der Waals surface area contributed by atoms with Crippen LogP contribution in [0.25, 0.3) is 0 Å². The molecule has 1 atom stereocenters. The van der Waals surface area contributed by atoms with E-state index in [1.165, 1.54) is 36.9 Å².